The molecule has 0 bridgehead atoms. The largest absolute Gasteiger partial charge is 0.465 e. The summed E-state index contributed by atoms with van der Waals surface area (Å²) in [6.07, 6.45) is 2.20. The molecule has 2 rings (SSSR count). The van der Waals surface area contributed by atoms with Crippen molar-refractivity contribution in [2.45, 2.75) is 52.1 Å². The highest BCUT2D eigenvalue weighted by Crippen LogP contribution is 2.27. The van der Waals surface area contributed by atoms with Crippen LogP contribution in [-0.4, -0.2) is 47.6 Å². The summed E-state index contributed by atoms with van der Waals surface area (Å²) in [6.45, 7) is 10.8. The van der Waals surface area contributed by atoms with Crippen LogP contribution in [0.3, 0.4) is 0 Å². The number of anilines is 1. The molecule has 1 aromatic rings. The molecule has 1 aliphatic heterocycles. The molecule has 21 heavy (non-hydrogen) atoms. The molecule has 118 valence electrons. The molecule has 0 radical (unpaired) electrons. The van der Waals surface area contributed by atoms with Crippen molar-refractivity contribution in [3.8, 4) is 0 Å². The van der Waals surface area contributed by atoms with Gasteiger partial charge in [-0.15, -0.1) is 0 Å². The molecule has 1 saturated heterocycles. The smallest absolute Gasteiger partial charge is 0.350 e. The Bertz CT molecular complexity index is 500. The van der Waals surface area contributed by atoms with Crippen molar-refractivity contribution in [2.24, 2.45) is 0 Å². The van der Waals surface area contributed by atoms with Crippen LogP contribution >= 0.6 is 11.3 Å². The molecular formula is C15H25N3O2S. The van der Waals surface area contributed by atoms with Gasteiger partial charge in [-0.3, -0.25) is 4.90 Å². The van der Waals surface area contributed by atoms with E-state index in [2.05, 4.69) is 36.0 Å². The summed E-state index contributed by atoms with van der Waals surface area (Å²) in [4.78, 5) is 19.1. The molecule has 0 aliphatic carbocycles. The molecule has 5 nitrogen and oxygen atoms in total. The second-order valence-corrected chi connectivity index (χ2v) is 7.50. The molecule has 2 heterocycles. The predicted molar refractivity (Wildman–Crippen MR) is 86.2 cm³/mol. The third-order valence-electron chi connectivity index (χ3n) is 3.94. The fraction of sp³-hybridized carbons (Fsp3) is 0.733. The molecule has 0 spiro atoms. The van der Waals surface area contributed by atoms with Crippen molar-refractivity contribution in [3.05, 3.63) is 10.6 Å². The summed E-state index contributed by atoms with van der Waals surface area (Å²) in [5, 5.41) is 4.29. The number of methoxy groups -OCH3 is 1. The highest BCUT2D eigenvalue weighted by atomic mass is 32.1. The zero-order chi connectivity index (χ0) is 15.6. The average Bonchev–Trinajstić information content (AvgIpc) is 2.78. The number of rotatable bonds is 3. The zero-order valence-electron chi connectivity index (χ0n) is 13.5. The topological polar surface area (TPSA) is 54.5 Å². The molecule has 0 saturated carbocycles. The number of likely N-dealkylation sites (tertiary alicyclic amines) is 1. The number of thiazole rings is 1. The molecule has 1 fully saturated rings. The van der Waals surface area contributed by atoms with Gasteiger partial charge in [0.2, 0.25) is 0 Å². The number of aromatic nitrogens is 1. The van der Waals surface area contributed by atoms with Crippen molar-refractivity contribution < 1.29 is 9.53 Å². The van der Waals surface area contributed by atoms with Crippen LogP contribution < -0.4 is 5.32 Å². The lowest BCUT2D eigenvalue weighted by Crippen LogP contribution is -2.48. The lowest BCUT2D eigenvalue weighted by atomic mass is 9.98. The van der Waals surface area contributed by atoms with Crippen molar-refractivity contribution in [1.29, 1.82) is 0 Å². The van der Waals surface area contributed by atoms with Crippen molar-refractivity contribution in [3.63, 3.8) is 0 Å². The predicted octanol–water partition coefficient (Wildman–Crippen LogP) is 2.91. The minimum Gasteiger partial charge on any atom is -0.465 e. The monoisotopic (exact) mass is 311 g/mol. The third-order valence-corrected chi connectivity index (χ3v) is 5.01. The Morgan fingerprint density at radius 2 is 2.00 bits per heavy atom. The summed E-state index contributed by atoms with van der Waals surface area (Å²) < 4.78 is 4.77. The number of hydrogen-bond donors (Lipinski definition) is 1. The quantitative estimate of drug-likeness (QED) is 0.870. The maximum Gasteiger partial charge on any atom is 0.350 e. The molecule has 1 N–H and O–H groups in total. The van der Waals surface area contributed by atoms with Crippen LogP contribution in [0, 0.1) is 6.92 Å². The second-order valence-electron chi connectivity index (χ2n) is 6.50. The van der Waals surface area contributed by atoms with Crippen LogP contribution in [0.2, 0.25) is 0 Å². The minimum absolute atomic E-state index is 0.237. The first-order valence-corrected chi connectivity index (χ1v) is 8.20. The molecule has 0 amide bonds. The first kappa shape index (κ1) is 16.2. The minimum atomic E-state index is -0.305. The van der Waals surface area contributed by atoms with E-state index in [1.807, 2.05) is 6.92 Å². The summed E-state index contributed by atoms with van der Waals surface area (Å²) in [6, 6.07) is 0.430. The van der Waals surface area contributed by atoms with Crippen LogP contribution in [0.1, 0.15) is 49.0 Å². The lowest BCUT2D eigenvalue weighted by Gasteiger charge is -2.41. The van der Waals surface area contributed by atoms with Gasteiger partial charge in [-0.05, 0) is 40.5 Å². The number of nitrogens with zero attached hydrogens (tertiary/aromatic N) is 2. The highest BCUT2D eigenvalue weighted by Gasteiger charge is 2.27. The van der Waals surface area contributed by atoms with Crippen molar-refractivity contribution in [1.82, 2.24) is 9.88 Å². The highest BCUT2D eigenvalue weighted by molar-refractivity contribution is 7.17. The maximum atomic E-state index is 11.6. The van der Waals surface area contributed by atoms with Crippen LogP contribution in [0.5, 0.6) is 0 Å². The molecule has 0 aromatic carbocycles. The Hall–Kier alpha value is -1.14. The number of carbonyl (C=O) groups excluding carboxylic acids is 1. The second kappa shape index (κ2) is 6.32. The van der Waals surface area contributed by atoms with E-state index in [-0.39, 0.29) is 11.5 Å². The number of piperidine rings is 1. The van der Waals surface area contributed by atoms with Crippen LogP contribution in [-0.2, 0) is 4.74 Å². The van der Waals surface area contributed by atoms with Gasteiger partial charge in [0.15, 0.2) is 5.13 Å². The van der Waals surface area contributed by atoms with Crippen molar-refractivity contribution >= 4 is 22.4 Å². The molecule has 1 aliphatic rings. The number of hydrogen-bond acceptors (Lipinski definition) is 6. The number of aryl methyl sites for hydroxylation is 1. The Balaban J connectivity index is 1.94. The molecule has 6 heteroatoms. The van der Waals surface area contributed by atoms with Gasteiger partial charge in [0.25, 0.3) is 0 Å². The maximum absolute atomic E-state index is 11.6. The van der Waals surface area contributed by atoms with Gasteiger partial charge < -0.3 is 10.1 Å². The van der Waals surface area contributed by atoms with Gasteiger partial charge in [0.1, 0.15) is 4.88 Å². The van der Waals surface area contributed by atoms with Crippen LogP contribution in [0.15, 0.2) is 0 Å². The number of nitrogens with one attached hydrogen (secondary N) is 1. The van der Waals surface area contributed by atoms with E-state index < -0.39 is 0 Å². The number of ether oxygens (including phenoxy) is 1. The fourth-order valence-corrected chi connectivity index (χ4v) is 3.57. The molecule has 0 unspecified atom stereocenters. The fourth-order valence-electron chi connectivity index (χ4n) is 2.61. The summed E-state index contributed by atoms with van der Waals surface area (Å²) in [7, 11) is 1.40. The SMILES string of the molecule is COC(=O)c1sc(NC2CCN(C(C)(C)C)CC2)nc1C. The molecule has 0 atom stereocenters. The Kier molecular flexibility index (Phi) is 4.88. The normalized spacial score (nSPS) is 17.8. The van der Waals surface area contributed by atoms with Gasteiger partial charge in [-0.2, -0.15) is 0 Å². The van der Waals surface area contributed by atoms with E-state index in [1.165, 1.54) is 18.4 Å². The lowest BCUT2D eigenvalue weighted by molar-refractivity contribution is 0.0605. The van der Waals surface area contributed by atoms with Crippen molar-refractivity contribution in [2.75, 3.05) is 25.5 Å². The standard InChI is InChI=1S/C15H25N3O2S/c1-10-12(13(19)20-5)21-14(16-10)17-11-6-8-18(9-7-11)15(2,3)4/h11H,6-9H2,1-5H3,(H,16,17). The van der Waals surface area contributed by atoms with Gasteiger partial charge in [-0.1, -0.05) is 11.3 Å². The van der Waals surface area contributed by atoms with Gasteiger partial charge in [-0.25, -0.2) is 9.78 Å². The first-order valence-electron chi connectivity index (χ1n) is 7.38. The number of carbonyl (C=O) groups is 1. The Morgan fingerprint density at radius 1 is 1.38 bits per heavy atom. The van der Waals surface area contributed by atoms with Crippen LogP contribution in [0.4, 0.5) is 5.13 Å². The first-order chi connectivity index (χ1) is 9.81. The van der Waals surface area contributed by atoms with E-state index in [4.69, 9.17) is 4.74 Å². The van der Waals surface area contributed by atoms with Gasteiger partial charge >= 0.3 is 5.97 Å². The van der Waals surface area contributed by atoms with Gasteiger partial charge in [0, 0.05) is 24.7 Å². The van der Waals surface area contributed by atoms with E-state index in [0.29, 0.717) is 10.9 Å². The van der Waals surface area contributed by atoms with Crippen LogP contribution in [0.25, 0.3) is 0 Å². The third kappa shape index (κ3) is 3.95. The summed E-state index contributed by atoms with van der Waals surface area (Å²) in [5.41, 5.74) is 0.974. The molecular weight excluding hydrogens is 286 g/mol. The van der Waals surface area contributed by atoms with E-state index in [9.17, 15) is 4.79 Å². The van der Waals surface area contributed by atoms with E-state index in [0.717, 1.165) is 36.8 Å². The summed E-state index contributed by atoms with van der Waals surface area (Å²) >= 11 is 1.38. The average molecular weight is 311 g/mol. The van der Waals surface area contributed by atoms with E-state index >= 15 is 0 Å². The zero-order valence-corrected chi connectivity index (χ0v) is 14.3. The van der Waals surface area contributed by atoms with E-state index in [1.54, 1.807) is 0 Å². The Morgan fingerprint density at radius 3 is 2.52 bits per heavy atom. The summed E-state index contributed by atoms with van der Waals surface area (Å²) in [5.74, 6) is -0.305. The Labute approximate surface area is 130 Å². The van der Waals surface area contributed by atoms with Gasteiger partial charge in [0.05, 0.1) is 12.8 Å². The number of esters is 1. The molecule has 1 aromatic heterocycles.